The van der Waals surface area contributed by atoms with Crippen molar-refractivity contribution >= 4 is 53.5 Å². The number of benzene rings is 1. The SMILES string of the molecule is O=S(=O)(NCC1(CCl)CCCC1)c1cc(Br)ccc1Br. The number of rotatable bonds is 5. The smallest absolute Gasteiger partial charge is 0.211 e. The quantitative estimate of drug-likeness (QED) is 0.688. The van der Waals surface area contributed by atoms with Crippen LogP contribution in [0.3, 0.4) is 0 Å². The van der Waals surface area contributed by atoms with Crippen LogP contribution in [0.5, 0.6) is 0 Å². The van der Waals surface area contributed by atoms with E-state index in [-0.39, 0.29) is 10.3 Å². The van der Waals surface area contributed by atoms with Crippen LogP contribution in [0.15, 0.2) is 32.0 Å². The predicted octanol–water partition coefficient (Wildman–Crippen LogP) is 4.29. The highest BCUT2D eigenvalue weighted by molar-refractivity contribution is 9.11. The van der Waals surface area contributed by atoms with E-state index in [0.29, 0.717) is 16.9 Å². The fourth-order valence-electron chi connectivity index (χ4n) is 2.49. The van der Waals surface area contributed by atoms with Gasteiger partial charge < -0.3 is 0 Å². The van der Waals surface area contributed by atoms with E-state index in [9.17, 15) is 8.42 Å². The molecular weight excluding hydrogens is 429 g/mol. The maximum Gasteiger partial charge on any atom is 0.241 e. The van der Waals surface area contributed by atoms with Crippen LogP contribution in [0.4, 0.5) is 0 Å². The third-order valence-corrected chi connectivity index (χ3v) is 7.22. The molecule has 1 aromatic rings. The van der Waals surface area contributed by atoms with Gasteiger partial charge in [-0.05, 0) is 52.4 Å². The maximum absolute atomic E-state index is 12.4. The molecule has 2 rings (SSSR count). The lowest BCUT2D eigenvalue weighted by Gasteiger charge is -2.26. The number of hydrogen-bond acceptors (Lipinski definition) is 2. The predicted molar refractivity (Wildman–Crippen MR) is 88.7 cm³/mol. The van der Waals surface area contributed by atoms with Gasteiger partial charge in [0, 0.05) is 21.4 Å². The van der Waals surface area contributed by atoms with Crippen molar-refractivity contribution in [3.8, 4) is 0 Å². The van der Waals surface area contributed by atoms with E-state index in [1.54, 1.807) is 18.2 Å². The summed E-state index contributed by atoms with van der Waals surface area (Å²) >= 11 is 12.6. The Morgan fingerprint density at radius 1 is 1.25 bits per heavy atom. The van der Waals surface area contributed by atoms with Crippen LogP contribution in [0, 0.1) is 5.41 Å². The fourth-order valence-corrected chi connectivity index (χ4v) is 5.51. The van der Waals surface area contributed by atoms with Gasteiger partial charge in [-0.2, -0.15) is 0 Å². The van der Waals surface area contributed by atoms with Gasteiger partial charge >= 0.3 is 0 Å². The van der Waals surface area contributed by atoms with E-state index >= 15 is 0 Å². The summed E-state index contributed by atoms with van der Waals surface area (Å²) in [6.45, 7) is 0.401. The van der Waals surface area contributed by atoms with Gasteiger partial charge in [0.15, 0.2) is 0 Å². The van der Waals surface area contributed by atoms with Crippen LogP contribution >= 0.6 is 43.5 Å². The minimum atomic E-state index is -3.53. The standard InChI is InChI=1S/C13H16Br2ClNO2S/c14-10-3-4-11(15)12(7-10)20(18,19)17-9-13(8-16)5-1-2-6-13/h3-4,7,17H,1-2,5-6,8-9H2. The number of alkyl halides is 1. The molecule has 0 unspecified atom stereocenters. The largest absolute Gasteiger partial charge is 0.241 e. The summed E-state index contributed by atoms with van der Waals surface area (Å²) in [5, 5.41) is 0. The first-order valence-electron chi connectivity index (χ1n) is 6.39. The minimum absolute atomic E-state index is 0.0902. The van der Waals surface area contributed by atoms with Crippen molar-refractivity contribution in [1.82, 2.24) is 4.72 Å². The van der Waals surface area contributed by atoms with Crippen LogP contribution in [-0.4, -0.2) is 20.8 Å². The lowest BCUT2D eigenvalue weighted by molar-refractivity contribution is 0.342. The molecule has 1 fully saturated rings. The van der Waals surface area contributed by atoms with Gasteiger partial charge in [0.2, 0.25) is 10.0 Å². The zero-order chi connectivity index (χ0) is 14.8. The summed E-state index contributed by atoms with van der Waals surface area (Å²) in [6.07, 6.45) is 4.21. The number of hydrogen-bond donors (Lipinski definition) is 1. The Hall–Kier alpha value is 0.380. The average Bonchev–Trinajstić information content (AvgIpc) is 2.89. The van der Waals surface area contributed by atoms with Crippen LogP contribution in [-0.2, 0) is 10.0 Å². The normalized spacial score (nSPS) is 18.4. The molecule has 0 amide bonds. The van der Waals surface area contributed by atoms with E-state index in [4.69, 9.17) is 11.6 Å². The molecule has 1 N–H and O–H groups in total. The first-order valence-corrected chi connectivity index (χ1v) is 10.00. The molecular formula is C13H16Br2ClNO2S. The second-order valence-corrected chi connectivity index (χ2v) is 9.01. The average molecular weight is 446 g/mol. The Morgan fingerprint density at radius 3 is 2.50 bits per heavy atom. The van der Waals surface area contributed by atoms with Gasteiger partial charge in [-0.3, -0.25) is 0 Å². The summed E-state index contributed by atoms with van der Waals surface area (Å²) in [7, 11) is -3.53. The molecule has 3 nitrogen and oxygen atoms in total. The van der Waals surface area contributed by atoms with Crippen molar-refractivity contribution in [3.05, 3.63) is 27.1 Å². The molecule has 0 saturated heterocycles. The highest BCUT2D eigenvalue weighted by atomic mass is 79.9. The van der Waals surface area contributed by atoms with E-state index < -0.39 is 10.0 Å². The molecule has 112 valence electrons. The summed E-state index contributed by atoms with van der Waals surface area (Å²) in [4.78, 5) is 0.245. The van der Waals surface area contributed by atoms with E-state index in [0.717, 1.165) is 30.2 Å². The fraction of sp³-hybridized carbons (Fsp3) is 0.538. The highest BCUT2D eigenvalue weighted by Crippen LogP contribution is 2.39. The molecule has 0 aliphatic heterocycles. The molecule has 0 bridgehead atoms. The van der Waals surface area contributed by atoms with Gasteiger partial charge in [-0.1, -0.05) is 28.8 Å². The second kappa shape index (κ2) is 6.65. The van der Waals surface area contributed by atoms with Crippen LogP contribution in [0.2, 0.25) is 0 Å². The van der Waals surface area contributed by atoms with E-state index in [2.05, 4.69) is 36.6 Å². The summed E-state index contributed by atoms with van der Waals surface area (Å²) in [5.74, 6) is 0.495. The minimum Gasteiger partial charge on any atom is -0.211 e. The first-order chi connectivity index (χ1) is 9.38. The molecule has 0 aromatic heterocycles. The highest BCUT2D eigenvalue weighted by Gasteiger charge is 2.34. The summed E-state index contributed by atoms with van der Waals surface area (Å²) < 4.78 is 28.8. The molecule has 0 radical (unpaired) electrons. The number of halogens is 3. The Bertz CT molecular complexity index is 586. The van der Waals surface area contributed by atoms with Crippen molar-refractivity contribution in [2.75, 3.05) is 12.4 Å². The Balaban J connectivity index is 2.17. The van der Waals surface area contributed by atoms with Crippen LogP contribution < -0.4 is 4.72 Å². The third kappa shape index (κ3) is 3.77. The monoisotopic (exact) mass is 443 g/mol. The van der Waals surface area contributed by atoms with Crippen LogP contribution in [0.25, 0.3) is 0 Å². The molecule has 1 saturated carbocycles. The zero-order valence-corrected chi connectivity index (χ0v) is 15.6. The number of nitrogens with one attached hydrogen (secondary N) is 1. The Kier molecular flexibility index (Phi) is 5.57. The van der Waals surface area contributed by atoms with Crippen molar-refractivity contribution < 1.29 is 8.42 Å². The van der Waals surface area contributed by atoms with E-state index in [1.165, 1.54) is 0 Å². The zero-order valence-electron chi connectivity index (χ0n) is 10.8. The first kappa shape index (κ1) is 16.7. The number of sulfonamides is 1. The molecule has 1 aliphatic carbocycles. The molecule has 0 spiro atoms. The maximum atomic E-state index is 12.4. The van der Waals surface area contributed by atoms with Gasteiger partial charge in [0.25, 0.3) is 0 Å². The van der Waals surface area contributed by atoms with Crippen molar-refractivity contribution in [2.24, 2.45) is 5.41 Å². The van der Waals surface area contributed by atoms with Gasteiger partial charge in [0.1, 0.15) is 0 Å². The molecule has 1 aliphatic rings. The molecule has 7 heteroatoms. The molecule has 0 atom stereocenters. The summed E-state index contributed by atoms with van der Waals surface area (Å²) in [5.41, 5.74) is -0.0902. The second-order valence-electron chi connectivity index (χ2n) is 5.24. The Labute approximate surface area is 141 Å². The molecule has 20 heavy (non-hydrogen) atoms. The summed E-state index contributed by atoms with van der Waals surface area (Å²) in [6, 6.07) is 5.10. The van der Waals surface area contributed by atoms with Crippen molar-refractivity contribution in [3.63, 3.8) is 0 Å². The van der Waals surface area contributed by atoms with E-state index in [1.807, 2.05) is 0 Å². The van der Waals surface area contributed by atoms with Gasteiger partial charge in [0.05, 0.1) is 4.90 Å². The lowest BCUT2D eigenvalue weighted by Crippen LogP contribution is -2.37. The van der Waals surface area contributed by atoms with Gasteiger partial charge in [-0.25, -0.2) is 13.1 Å². The van der Waals surface area contributed by atoms with Gasteiger partial charge in [-0.15, -0.1) is 11.6 Å². The van der Waals surface area contributed by atoms with Crippen molar-refractivity contribution in [2.45, 2.75) is 30.6 Å². The third-order valence-electron chi connectivity index (χ3n) is 3.77. The lowest BCUT2D eigenvalue weighted by atomic mass is 9.89. The molecule has 0 heterocycles. The Morgan fingerprint density at radius 2 is 1.90 bits per heavy atom. The van der Waals surface area contributed by atoms with Crippen molar-refractivity contribution in [1.29, 1.82) is 0 Å². The van der Waals surface area contributed by atoms with Crippen LogP contribution in [0.1, 0.15) is 25.7 Å². The molecule has 1 aromatic carbocycles. The topological polar surface area (TPSA) is 46.2 Å².